The average Bonchev–Trinajstić information content (AvgIpc) is 2.53. The highest BCUT2D eigenvalue weighted by atomic mass is 35.5. The number of nitrogens with two attached hydrogens (primary N) is 1. The van der Waals surface area contributed by atoms with Crippen LogP contribution in [0.2, 0.25) is 5.02 Å². The Morgan fingerprint density at radius 3 is 2.70 bits per heavy atom. The fraction of sp³-hybridized carbons (Fsp3) is 0.235. The largest absolute Gasteiger partial charge is 0.481 e. The fourth-order valence-corrected chi connectivity index (χ4v) is 2.50. The second-order valence-electron chi connectivity index (χ2n) is 5.21. The summed E-state index contributed by atoms with van der Waals surface area (Å²) in [5.74, 6) is -1.49. The van der Waals surface area contributed by atoms with Gasteiger partial charge in [0.1, 0.15) is 5.82 Å². The number of hydrogen-bond acceptors (Lipinski definition) is 3. The van der Waals surface area contributed by atoms with Gasteiger partial charge in [0.15, 0.2) is 0 Å². The van der Waals surface area contributed by atoms with Crippen molar-refractivity contribution in [3.8, 4) is 0 Å². The van der Waals surface area contributed by atoms with Gasteiger partial charge in [0, 0.05) is 18.0 Å². The van der Waals surface area contributed by atoms with Crippen LogP contribution >= 0.6 is 11.6 Å². The highest BCUT2D eigenvalue weighted by molar-refractivity contribution is 6.33. The molecule has 122 valence electrons. The SMILES string of the molecule is NC[C@H](CC(=O)O)c1ccc(Cl)c(NCc2ccccc2F)c1. The number of rotatable bonds is 7. The van der Waals surface area contributed by atoms with Crippen LogP contribution in [-0.2, 0) is 11.3 Å². The lowest BCUT2D eigenvalue weighted by molar-refractivity contribution is -0.137. The van der Waals surface area contributed by atoms with E-state index in [0.717, 1.165) is 5.56 Å². The van der Waals surface area contributed by atoms with E-state index in [9.17, 15) is 9.18 Å². The van der Waals surface area contributed by atoms with Gasteiger partial charge in [-0.3, -0.25) is 4.79 Å². The normalized spacial score (nSPS) is 12.0. The van der Waals surface area contributed by atoms with Gasteiger partial charge in [-0.25, -0.2) is 4.39 Å². The molecule has 0 aliphatic rings. The lowest BCUT2D eigenvalue weighted by Gasteiger charge is -2.16. The van der Waals surface area contributed by atoms with E-state index in [2.05, 4.69) is 5.32 Å². The Morgan fingerprint density at radius 1 is 1.30 bits per heavy atom. The van der Waals surface area contributed by atoms with Crippen molar-refractivity contribution in [1.29, 1.82) is 0 Å². The number of anilines is 1. The minimum absolute atomic E-state index is 0.0507. The van der Waals surface area contributed by atoms with Crippen molar-refractivity contribution in [3.63, 3.8) is 0 Å². The van der Waals surface area contributed by atoms with Crippen LogP contribution in [0.5, 0.6) is 0 Å². The van der Waals surface area contributed by atoms with Gasteiger partial charge in [-0.15, -0.1) is 0 Å². The molecule has 23 heavy (non-hydrogen) atoms. The second-order valence-corrected chi connectivity index (χ2v) is 5.62. The molecule has 0 amide bonds. The molecule has 0 fully saturated rings. The average molecular weight is 337 g/mol. The van der Waals surface area contributed by atoms with Gasteiger partial charge in [0.05, 0.1) is 17.1 Å². The first-order chi connectivity index (χ1) is 11.0. The van der Waals surface area contributed by atoms with Gasteiger partial charge >= 0.3 is 5.97 Å². The van der Waals surface area contributed by atoms with Crippen molar-refractivity contribution in [3.05, 3.63) is 64.4 Å². The van der Waals surface area contributed by atoms with E-state index in [-0.39, 0.29) is 31.2 Å². The molecule has 0 aliphatic carbocycles. The first kappa shape index (κ1) is 17.2. The maximum Gasteiger partial charge on any atom is 0.304 e. The summed E-state index contributed by atoms with van der Waals surface area (Å²) in [5.41, 5.74) is 7.59. The minimum Gasteiger partial charge on any atom is -0.481 e. The number of benzene rings is 2. The zero-order chi connectivity index (χ0) is 16.8. The second kappa shape index (κ2) is 7.94. The monoisotopic (exact) mass is 336 g/mol. The number of aliphatic carboxylic acids is 1. The molecule has 0 unspecified atom stereocenters. The Bertz CT molecular complexity index is 694. The van der Waals surface area contributed by atoms with Crippen molar-refractivity contribution in [2.45, 2.75) is 18.9 Å². The molecule has 0 saturated carbocycles. The lowest BCUT2D eigenvalue weighted by atomic mass is 9.95. The number of carboxylic acids is 1. The van der Waals surface area contributed by atoms with Gasteiger partial charge < -0.3 is 16.2 Å². The Kier molecular flexibility index (Phi) is 5.96. The Hall–Kier alpha value is -2.11. The molecule has 0 heterocycles. The van der Waals surface area contributed by atoms with E-state index in [4.69, 9.17) is 22.4 Å². The summed E-state index contributed by atoms with van der Waals surface area (Å²) < 4.78 is 13.6. The van der Waals surface area contributed by atoms with E-state index in [1.807, 2.05) is 0 Å². The van der Waals surface area contributed by atoms with E-state index >= 15 is 0 Å². The summed E-state index contributed by atoms with van der Waals surface area (Å²) in [5, 5.41) is 12.5. The lowest BCUT2D eigenvalue weighted by Crippen LogP contribution is -2.16. The zero-order valence-corrected chi connectivity index (χ0v) is 13.2. The zero-order valence-electron chi connectivity index (χ0n) is 12.4. The van der Waals surface area contributed by atoms with Crippen LogP contribution in [0.15, 0.2) is 42.5 Å². The molecular weight excluding hydrogens is 319 g/mol. The first-order valence-electron chi connectivity index (χ1n) is 7.20. The maximum absolute atomic E-state index is 13.6. The number of nitrogens with one attached hydrogen (secondary N) is 1. The minimum atomic E-state index is -0.906. The Balaban J connectivity index is 2.17. The fourth-order valence-electron chi connectivity index (χ4n) is 2.31. The summed E-state index contributed by atoms with van der Waals surface area (Å²) >= 11 is 6.15. The van der Waals surface area contributed by atoms with Crippen LogP contribution in [-0.4, -0.2) is 17.6 Å². The number of carbonyl (C=O) groups is 1. The molecule has 0 aromatic heterocycles. The smallest absolute Gasteiger partial charge is 0.304 e. The van der Waals surface area contributed by atoms with Crippen LogP contribution in [0.25, 0.3) is 0 Å². The van der Waals surface area contributed by atoms with E-state index in [1.54, 1.807) is 36.4 Å². The van der Waals surface area contributed by atoms with Crippen LogP contribution in [0.1, 0.15) is 23.5 Å². The van der Waals surface area contributed by atoms with Crippen LogP contribution in [0, 0.1) is 5.82 Å². The maximum atomic E-state index is 13.6. The van der Waals surface area contributed by atoms with Crippen LogP contribution in [0.3, 0.4) is 0 Å². The molecule has 0 aliphatic heterocycles. The van der Waals surface area contributed by atoms with Gasteiger partial charge in [0.25, 0.3) is 0 Å². The highest BCUT2D eigenvalue weighted by Gasteiger charge is 2.15. The molecule has 0 spiro atoms. The molecule has 2 rings (SSSR count). The summed E-state index contributed by atoms with van der Waals surface area (Å²) in [6.45, 7) is 0.503. The van der Waals surface area contributed by atoms with Crippen molar-refractivity contribution in [1.82, 2.24) is 0 Å². The van der Waals surface area contributed by atoms with Crippen LogP contribution in [0.4, 0.5) is 10.1 Å². The molecule has 4 nitrogen and oxygen atoms in total. The molecule has 6 heteroatoms. The topological polar surface area (TPSA) is 75.4 Å². The number of carboxylic acid groups (broad SMARTS) is 1. The molecule has 0 radical (unpaired) electrons. The van der Waals surface area contributed by atoms with Crippen LogP contribution < -0.4 is 11.1 Å². The van der Waals surface area contributed by atoms with Crippen molar-refractivity contribution >= 4 is 23.3 Å². The van der Waals surface area contributed by atoms with Gasteiger partial charge in [0.2, 0.25) is 0 Å². The Morgan fingerprint density at radius 2 is 2.04 bits per heavy atom. The molecule has 2 aromatic rings. The summed E-state index contributed by atoms with van der Waals surface area (Å²) in [4.78, 5) is 10.9. The van der Waals surface area contributed by atoms with Gasteiger partial charge in [-0.1, -0.05) is 35.9 Å². The highest BCUT2D eigenvalue weighted by Crippen LogP contribution is 2.28. The summed E-state index contributed by atoms with van der Waals surface area (Å²) in [7, 11) is 0. The van der Waals surface area contributed by atoms with E-state index in [1.165, 1.54) is 6.07 Å². The standard InChI is InChI=1S/C17H18ClFN2O2/c18-14-6-5-11(13(9-20)8-17(22)23)7-16(14)21-10-12-3-1-2-4-15(12)19/h1-7,13,21H,8-10,20H2,(H,22,23)/t13-/m0/s1. The van der Waals surface area contributed by atoms with Crippen molar-refractivity contribution < 1.29 is 14.3 Å². The number of hydrogen-bond donors (Lipinski definition) is 3. The van der Waals surface area contributed by atoms with E-state index in [0.29, 0.717) is 16.3 Å². The third-order valence-corrected chi connectivity index (χ3v) is 3.92. The van der Waals surface area contributed by atoms with Gasteiger partial charge in [-0.2, -0.15) is 0 Å². The van der Waals surface area contributed by atoms with Gasteiger partial charge in [-0.05, 0) is 30.3 Å². The molecule has 2 aromatic carbocycles. The summed E-state index contributed by atoms with van der Waals surface area (Å²) in [6, 6.07) is 11.7. The van der Waals surface area contributed by atoms with Crippen molar-refractivity contribution in [2.75, 3.05) is 11.9 Å². The molecule has 4 N–H and O–H groups in total. The Labute approximate surface area is 139 Å². The van der Waals surface area contributed by atoms with Crippen molar-refractivity contribution in [2.24, 2.45) is 5.73 Å². The molecule has 1 atom stereocenters. The summed E-state index contributed by atoms with van der Waals surface area (Å²) in [6.07, 6.45) is -0.0507. The number of halogens is 2. The predicted octanol–water partition coefficient (Wildman–Crippen LogP) is 3.61. The third kappa shape index (κ3) is 4.68. The van der Waals surface area contributed by atoms with E-state index < -0.39 is 5.97 Å². The molecule has 0 bridgehead atoms. The molecular formula is C17H18ClFN2O2. The predicted molar refractivity (Wildman–Crippen MR) is 89.2 cm³/mol. The molecule has 0 saturated heterocycles. The third-order valence-electron chi connectivity index (χ3n) is 3.59. The quantitative estimate of drug-likeness (QED) is 0.722. The first-order valence-corrected chi connectivity index (χ1v) is 7.57.